The largest absolute Gasteiger partial charge is 0.372 e. The minimum atomic E-state index is -0.377. The maximum absolute atomic E-state index is 14.0. The highest BCUT2D eigenvalue weighted by molar-refractivity contribution is 6.31. The summed E-state index contributed by atoms with van der Waals surface area (Å²) in [5.41, 5.74) is 6.80. The molecule has 2 rings (SSSR count). The monoisotopic (exact) mass is 471 g/mol. The van der Waals surface area contributed by atoms with E-state index in [9.17, 15) is 9.18 Å². The molecule has 172 valence electrons. The molecule has 0 saturated heterocycles. The Morgan fingerprint density at radius 2 is 1.71 bits per heavy atom. The Morgan fingerprint density at radius 3 is 2.26 bits per heavy atom. The number of halogens is 3. The average Bonchev–Trinajstić information content (AvgIpc) is 2.65. The second-order valence-corrected chi connectivity index (χ2v) is 9.22. The number of nitrogens with one attached hydrogen (secondary N) is 2. The van der Waals surface area contributed by atoms with Crippen LogP contribution >= 0.6 is 23.2 Å². The maximum atomic E-state index is 14.0. The summed E-state index contributed by atoms with van der Waals surface area (Å²) in [4.78, 5) is 19.2. The van der Waals surface area contributed by atoms with Crippen LogP contribution in [-0.2, 0) is 16.1 Å². The fourth-order valence-electron chi connectivity index (χ4n) is 2.34. The van der Waals surface area contributed by atoms with Crippen molar-refractivity contribution in [3.8, 4) is 0 Å². The van der Waals surface area contributed by atoms with Gasteiger partial charge in [0.1, 0.15) is 5.82 Å². The first-order valence-electron chi connectivity index (χ1n) is 9.73. The van der Waals surface area contributed by atoms with Gasteiger partial charge in [-0.15, -0.1) is 0 Å². The van der Waals surface area contributed by atoms with Gasteiger partial charge in [-0.05, 0) is 40.7 Å². The lowest BCUT2D eigenvalue weighted by Crippen LogP contribution is -2.21. The molecule has 4 N–H and O–H groups in total. The van der Waals surface area contributed by atoms with E-state index in [0.717, 1.165) is 5.56 Å². The topological polar surface area (TPSA) is 84.2 Å². The molecule has 0 spiro atoms. The van der Waals surface area contributed by atoms with E-state index >= 15 is 0 Å². The number of hydrogen-bond donors (Lipinski definition) is 3. The van der Waals surface area contributed by atoms with E-state index in [1.54, 1.807) is 24.3 Å². The molecular formula is C23H32Cl2FN3O2. The van der Waals surface area contributed by atoms with Crippen molar-refractivity contribution in [1.29, 1.82) is 0 Å². The summed E-state index contributed by atoms with van der Waals surface area (Å²) in [6.45, 7) is 11.8. The average molecular weight is 472 g/mol. The van der Waals surface area contributed by atoms with Gasteiger partial charge in [0.25, 0.3) is 0 Å². The van der Waals surface area contributed by atoms with Crippen molar-refractivity contribution in [3.63, 3.8) is 0 Å². The van der Waals surface area contributed by atoms with Gasteiger partial charge in [-0.25, -0.2) is 4.39 Å². The van der Waals surface area contributed by atoms with Gasteiger partial charge in [-0.3, -0.25) is 9.59 Å². The molecule has 0 aliphatic heterocycles. The molecule has 1 unspecified atom stereocenters. The quantitative estimate of drug-likeness (QED) is 0.449. The highest BCUT2D eigenvalue weighted by Crippen LogP contribution is 2.25. The molecule has 0 bridgehead atoms. The molecule has 2 aromatic rings. The molecule has 1 atom stereocenters. The Morgan fingerprint density at radius 1 is 1.13 bits per heavy atom. The molecule has 0 heterocycles. The van der Waals surface area contributed by atoms with Crippen LogP contribution in [0.25, 0.3) is 0 Å². The third-order valence-corrected chi connectivity index (χ3v) is 4.09. The van der Waals surface area contributed by atoms with Gasteiger partial charge in [0, 0.05) is 23.8 Å². The van der Waals surface area contributed by atoms with E-state index in [4.69, 9.17) is 28.0 Å². The van der Waals surface area contributed by atoms with Crippen LogP contribution in [0.15, 0.2) is 36.4 Å². The number of amides is 2. The van der Waals surface area contributed by atoms with Crippen molar-refractivity contribution in [1.82, 2.24) is 5.32 Å². The van der Waals surface area contributed by atoms with E-state index in [0.29, 0.717) is 41.2 Å². The zero-order chi connectivity index (χ0) is 24.0. The Bertz CT molecular complexity index is 821. The van der Waals surface area contributed by atoms with Gasteiger partial charge in [0.05, 0.1) is 5.02 Å². The molecule has 2 aromatic carbocycles. The summed E-state index contributed by atoms with van der Waals surface area (Å²) in [6.07, 6.45) is 0.860. The predicted octanol–water partition coefficient (Wildman–Crippen LogP) is 5.75. The normalized spacial score (nSPS) is 11.2. The van der Waals surface area contributed by atoms with Crippen LogP contribution in [0.2, 0.25) is 10.0 Å². The van der Waals surface area contributed by atoms with Gasteiger partial charge < -0.3 is 16.4 Å². The lowest BCUT2D eigenvalue weighted by atomic mass is 10.0. The van der Waals surface area contributed by atoms with Crippen LogP contribution in [0.4, 0.5) is 10.1 Å². The molecule has 0 aliphatic carbocycles. The van der Waals surface area contributed by atoms with Crippen molar-refractivity contribution in [2.75, 3.05) is 11.9 Å². The lowest BCUT2D eigenvalue weighted by Gasteiger charge is -2.16. The van der Waals surface area contributed by atoms with Gasteiger partial charge in [0.15, 0.2) is 0 Å². The predicted molar refractivity (Wildman–Crippen MR) is 128 cm³/mol. The smallest absolute Gasteiger partial charge is 0.211 e. The molecule has 8 heteroatoms. The first-order valence-corrected chi connectivity index (χ1v) is 10.5. The minimum Gasteiger partial charge on any atom is -0.372 e. The number of nitrogens with two attached hydrogens (primary N) is 1. The third-order valence-electron chi connectivity index (χ3n) is 3.56. The van der Waals surface area contributed by atoms with E-state index in [2.05, 4.69) is 44.1 Å². The van der Waals surface area contributed by atoms with Crippen LogP contribution < -0.4 is 16.4 Å². The van der Waals surface area contributed by atoms with Gasteiger partial charge in [-0.2, -0.15) is 0 Å². The molecular weight excluding hydrogens is 440 g/mol. The number of primary amides is 1. The number of hydrogen-bond acceptors (Lipinski definition) is 3. The molecule has 5 nitrogen and oxygen atoms in total. The second-order valence-electron chi connectivity index (χ2n) is 8.37. The summed E-state index contributed by atoms with van der Waals surface area (Å²) >= 11 is 11.7. The lowest BCUT2D eigenvalue weighted by molar-refractivity contribution is -0.107. The molecule has 2 amide bonds. The Balaban J connectivity index is 0.000000968. The van der Waals surface area contributed by atoms with Crippen LogP contribution in [0.3, 0.4) is 0 Å². The number of carbonyl (C=O) groups is 2. The van der Waals surface area contributed by atoms with Crippen LogP contribution in [0, 0.1) is 11.2 Å². The zero-order valence-corrected chi connectivity index (χ0v) is 20.1. The van der Waals surface area contributed by atoms with E-state index in [1.807, 2.05) is 13.0 Å². The van der Waals surface area contributed by atoms with Crippen molar-refractivity contribution < 1.29 is 14.0 Å². The highest BCUT2D eigenvalue weighted by Gasteiger charge is 2.13. The summed E-state index contributed by atoms with van der Waals surface area (Å²) in [7, 11) is 0. The Labute approximate surface area is 194 Å². The second kappa shape index (κ2) is 14.8. The SMILES string of the molecule is CC(C)(C)C.CC(CNCc1ccc(Cl)cc1NC=O)c1cccc(Cl)c1F.NC=O. The Kier molecular flexibility index (Phi) is 13.8. The summed E-state index contributed by atoms with van der Waals surface area (Å²) in [5.74, 6) is -0.415. The molecule has 0 fully saturated rings. The number of benzene rings is 2. The van der Waals surface area contributed by atoms with Crippen molar-refractivity contribution >= 4 is 41.7 Å². The van der Waals surface area contributed by atoms with Gasteiger partial charge in [-0.1, -0.05) is 76.0 Å². The Hall–Kier alpha value is -2.15. The van der Waals surface area contributed by atoms with Crippen molar-refractivity contribution in [2.45, 2.75) is 47.1 Å². The molecule has 31 heavy (non-hydrogen) atoms. The fraction of sp³-hybridized carbons (Fsp3) is 0.391. The van der Waals surface area contributed by atoms with Crippen LogP contribution in [-0.4, -0.2) is 19.4 Å². The fourth-order valence-corrected chi connectivity index (χ4v) is 2.69. The minimum absolute atomic E-state index is 0.0384. The number of carbonyl (C=O) groups excluding carboxylic acids is 2. The third kappa shape index (κ3) is 13.0. The van der Waals surface area contributed by atoms with Gasteiger partial charge >= 0.3 is 0 Å². The van der Waals surface area contributed by atoms with Gasteiger partial charge in [0.2, 0.25) is 12.8 Å². The van der Waals surface area contributed by atoms with Crippen LogP contribution in [0.5, 0.6) is 0 Å². The highest BCUT2D eigenvalue weighted by atomic mass is 35.5. The summed E-state index contributed by atoms with van der Waals surface area (Å²) < 4.78 is 14.0. The van der Waals surface area contributed by atoms with E-state index < -0.39 is 0 Å². The molecule has 0 saturated carbocycles. The number of anilines is 1. The summed E-state index contributed by atoms with van der Waals surface area (Å²) in [6, 6.07) is 10.3. The molecule has 0 aliphatic rings. The zero-order valence-electron chi connectivity index (χ0n) is 18.6. The molecule has 0 radical (unpaired) electrons. The van der Waals surface area contributed by atoms with E-state index in [1.165, 1.54) is 6.07 Å². The first-order chi connectivity index (χ1) is 14.4. The standard InChI is InChI=1S/C17H17Cl2FN2O.C5H12.CH3NO/c1-11(14-3-2-4-15(19)17(14)20)8-21-9-12-5-6-13(18)7-16(12)22-10-23;1-5(2,3)4;2-1-3/h2-7,10-11,21H,8-9H2,1H3,(H,22,23);1-4H3;1H,(H2,2,3). The van der Waals surface area contributed by atoms with Crippen LogP contribution in [0.1, 0.15) is 51.7 Å². The number of rotatable bonds is 7. The molecule has 0 aromatic heterocycles. The van der Waals surface area contributed by atoms with Crippen molar-refractivity contribution in [2.24, 2.45) is 11.1 Å². The maximum Gasteiger partial charge on any atom is 0.211 e. The first kappa shape index (κ1) is 28.9. The van der Waals surface area contributed by atoms with Crippen molar-refractivity contribution in [3.05, 3.63) is 63.4 Å². The summed E-state index contributed by atoms with van der Waals surface area (Å²) in [5, 5.41) is 6.55. The van der Waals surface area contributed by atoms with E-state index in [-0.39, 0.29) is 23.2 Å².